The highest BCUT2D eigenvalue weighted by molar-refractivity contribution is 7.89. The van der Waals surface area contributed by atoms with Crippen molar-refractivity contribution in [1.29, 1.82) is 0 Å². The number of rotatable bonds is 4. The summed E-state index contributed by atoms with van der Waals surface area (Å²) < 4.78 is 27.0. The molecule has 2 aromatic rings. The molecule has 1 fully saturated rings. The van der Waals surface area contributed by atoms with Crippen LogP contribution in [-0.4, -0.2) is 46.9 Å². The number of carbonyl (C=O) groups excluding carboxylic acids is 1. The molecule has 0 aliphatic carbocycles. The summed E-state index contributed by atoms with van der Waals surface area (Å²) >= 11 is 1.36. The van der Waals surface area contributed by atoms with Crippen LogP contribution < -0.4 is 5.32 Å². The number of hydrogen-bond donors (Lipinski definition) is 2. The Bertz CT molecular complexity index is 801. The molecule has 1 saturated heterocycles. The molecule has 130 valence electrons. The average molecular weight is 369 g/mol. The fourth-order valence-electron chi connectivity index (χ4n) is 2.90. The van der Waals surface area contributed by atoms with Crippen LogP contribution in [0.25, 0.3) is 0 Å². The summed E-state index contributed by atoms with van der Waals surface area (Å²) in [7, 11) is -3.58. The standard InChI is InChI=1S/C14H19N5O3S2/c1-9-12(10(2)18-17-9)24(21,22)19-6-3-11(4-7-19)13(20)16-14-15-5-8-23-14/h5,8,11H,3-4,6-7H2,1-2H3,(H,17,18)(H,15,16,20). The van der Waals surface area contributed by atoms with E-state index >= 15 is 0 Å². The van der Waals surface area contributed by atoms with E-state index < -0.39 is 10.0 Å². The molecule has 1 aliphatic rings. The zero-order valence-corrected chi connectivity index (χ0v) is 15.1. The normalized spacial score (nSPS) is 17.1. The van der Waals surface area contributed by atoms with Crippen molar-refractivity contribution in [3.63, 3.8) is 0 Å². The van der Waals surface area contributed by atoms with E-state index in [2.05, 4.69) is 20.5 Å². The van der Waals surface area contributed by atoms with Crippen molar-refractivity contribution in [3.05, 3.63) is 23.0 Å². The first kappa shape index (κ1) is 17.1. The maximum absolute atomic E-state index is 12.8. The molecule has 10 heteroatoms. The predicted octanol–water partition coefficient (Wildman–Crippen LogP) is 1.52. The van der Waals surface area contributed by atoms with Crippen molar-refractivity contribution < 1.29 is 13.2 Å². The lowest BCUT2D eigenvalue weighted by molar-refractivity contribution is -0.120. The monoisotopic (exact) mass is 369 g/mol. The number of carbonyl (C=O) groups is 1. The largest absolute Gasteiger partial charge is 0.302 e. The number of thiazole rings is 1. The number of sulfonamides is 1. The summed E-state index contributed by atoms with van der Waals surface area (Å²) in [5, 5.41) is 11.8. The van der Waals surface area contributed by atoms with Crippen molar-refractivity contribution in [1.82, 2.24) is 19.5 Å². The Morgan fingerprint density at radius 3 is 2.62 bits per heavy atom. The highest BCUT2D eigenvalue weighted by atomic mass is 32.2. The first-order valence-electron chi connectivity index (χ1n) is 7.61. The number of H-pyrrole nitrogens is 1. The number of amides is 1. The topological polar surface area (TPSA) is 108 Å². The van der Waals surface area contributed by atoms with Gasteiger partial charge in [-0.2, -0.15) is 9.40 Å². The third-order valence-corrected chi connectivity index (χ3v) is 7.00. The molecule has 3 heterocycles. The minimum Gasteiger partial charge on any atom is -0.302 e. The van der Waals surface area contributed by atoms with Gasteiger partial charge in [0.1, 0.15) is 4.90 Å². The lowest BCUT2D eigenvalue weighted by Gasteiger charge is -2.30. The van der Waals surface area contributed by atoms with Crippen molar-refractivity contribution >= 4 is 32.4 Å². The Morgan fingerprint density at radius 1 is 1.38 bits per heavy atom. The number of aromatic nitrogens is 3. The number of aromatic amines is 1. The minimum atomic E-state index is -3.58. The molecule has 0 radical (unpaired) electrons. The van der Waals surface area contributed by atoms with E-state index in [1.807, 2.05) is 0 Å². The molecule has 0 unspecified atom stereocenters. The van der Waals surface area contributed by atoms with Gasteiger partial charge in [-0.3, -0.25) is 9.89 Å². The van der Waals surface area contributed by atoms with Gasteiger partial charge >= 0.3 is 0 Å². The van der Waals surface area contributed by atoms with Crippen molar-refractivity contribution in [3.8, 4) is 0 Å². The van der Waals surface area contributed by atoms with E-state index in [9.17, 15) is 13.2 Å². The molecule has 0 bridgehead atoms. The molecule has 0 atom stereocenters. The van der Waals surface area contributed by atoms with Crippen LogP contribution in [0, 0.1) is 19.8 Å². The first-order valence-corrected chi connectivity index (χ1v) is 9.93. The molecule has 2 aromatic heterocycles. The second-order valence-corrected chi connectivity index (χ2v) is 8.54. The average Bonchev–Trinajstić information content (AvgIpc) is 3.17. The Balaban J connectivity index is 1.65. The van der Waals surface area contributed by atoms with Gasteiger partial charge in [0.25, 0.3) is 0 Å². The summed E-state index contributed by atoms with van der Waals surface area (Å²) in [6.45, 7) is 4.01. The lowest BCUT2D eigenvalue weighted by Crippen LogP contribution is -2.41. The van der Waals surface area contributed by atoms with Crippen LogP contribution in [-0.2, 0) is 14.8 Å². The summed E-state index contributed by atoms with van der Waals surface area (Å²) in [6, 6.07) is 0. The van der Waals surface area contributed by atoms with Gasteiger partial charge in [0.15, 0.2) is 5.13 Å². The Labute approximate surface area is 144 Å². The van der Waals surface area contributed by atoms with Crippen molar-refractivity contribution in [2.24, 2.45) is 5.92 Å². The number of aryl methyl sites for hydroxylation is 2. The molecule has 24 heavy (non-hydrogen) atoms. The maximum atomic E-state index is 12.8. The summed E-state index contributed by atoms with van der Waals surface area (Å²) in [4.78, 5) is 16.5. The molecular formula is C14H19N5O3S2. The van der Waals surface area contributed by atoms with Gasteiger partial charge in [0.05, 0.1) is 11.4 Å². The second-order valence-electron chi connectivity index (χ2n) is 5.77. The number of piperidine rings is 1. The van der Waals surface area contributed by atoms with E-state index in [1.165, 1.54) is 15.6 Å². The minimum absolute atomic E-state index is 0.0994. The third-order valence-electron chi connectivity index (χ3n) is 4.15. The Hall–Kier alpha value is -1.78. The van der Waals surface area contributed by atoms with Crippen LogP contribution in [0.3, 0.4) is 0 Å². The first-order chi connectivity index (χ1) is 11.4. The highest BCUT2D eigenvalue weighted by Gasteiger charge is 2.34. The third kappa shape index (κ3) is 3.21. The SMILES string of the molecule is Cc1n[nH]c(C)c1S(=O)(=O)N1CCC(C(=O)Nc2nccs2)CC1. The van der Waals surface area contributed by atoms with Gasteiger partial charge in [-0.05, 0) is 26.7 Å². The van der Waals surface area contributed by atoms with Gasteiger partial charge in [-0.1, -0.05) is 0 Å². The van der Waals surface area contributed by atoms with Crippen LogP contribution in [0.5, 0.6) is 0 Å². The number of hydrogen-bond acceptors (Lipinski definition) is 6. The number of nitrogens with zero attached hydrogens (tertiary/aromatic N) is 3. The number of anilines is 1. The summed E-state index contributed by atoms with van der Waals surface area (Å²) in [5.41, 5.74) is 1.01. The van der Waals surface area contributed by atoms with E-state index in [-0.39, 0.29) is 16.7 Å². The van der Waals surface area contributed by atoms with Gasteiger partial charge in [0, 0.05) is 30.6 Å². The van der Waals surface area contributed by atoms with E-state index in [4.69, 9.17) is 0 Å². The molecule has 0 aromatic carbocycles. The number of nitrogens with one attached hydrogen (secondary N) is 2. The van der Waals surface area contributed by atoms with Gasteiger partial charge in [-0.15, -0.1) is 11.3 Å². The molecule has 0 spiro atoms. The second kappa shape index (κ2) is 6.61. The van der Waals surface area contributed by atoms with Crippen LogP contribution >= 0.6 is 11.3 Å². The Kier molecular flexibility index (Phi) is 4.70. The summed E-state index contributed by atoms with van der Waals surface area (Å²) in [5.74, 6) is -0.301. The quantitative estimate of drug-likeness (QED) is 0.849. The van der Waals surface area contributed by atoms with Crippen molar-refractivity contribution in [2.75, 3.05) is 18.4 Å². The molecule has 1 aliphatic heterocycles. The van der Waals surface area contributed by atoms with Crippen LogP contribution in [0.2, 0.25) is 0 Å². The molecular weight excluding hydrogens is 350 g/mol. The van der Waals surface area contributed by atoms with Crippen LogP contribution in [0.4, 0.5) is 5.13 Å². The predicted molar refractivity (Wildman–Crippen MR) is 90.3 cm³/mol. The molecule has 2 N–H and O–H groups in total. The zero-order valence-electron chi connectivity index (χ0n) is 13.4. The van der Waals surface area contributed by atoms with Crippen LogP contribution in [0.1, 0.15) is 24.2 Å². The Morgan fingerprint density at radius 2 is 2.08 bits per heavy atom. The molecule has 8 nitrogen and oxygen atoms in total. The highest BCUT2D eigenvalue weighted by Crippen LogP contribution is 2.27. The zero-order chi connectivity index (χ0) is 17.3. The molecule has 1 amide bonds. The fraction of sp³-hybridized carbons (Fsp3) is 0.500. The molecule has 0 saturated carbocycles. The smallest absolute Gasteiger partial charge is 0.246 e. The van der Waals surface area contributed by atoms with Crippen LogP contribution in [0.15, 0.2) is 16.5 Å². The van der Waals surface area contributed by atoms with Crippen molar-refractivity contribution in [2.45, 2.75) is 31.6 Å². The summed E-state index contributed by atoms with van der Waals surface area (Å²) in [6.07, 6.45) is 2.61. The van der Waals surface area contributed by atoms with E-state index in [0.29, 0.717) is 42.5 Å². The van der Waals surface area contributed by atoms with Gasteiger partial charge in [0.2, 0.25) is 15.9 Å². The van der Waals surface area contributed by atoms with E-state index in [0.717, 1.165) is 0 Å². The molecule has 3 rings (SSSR count). The lowest BCUT2D eigenvalue weighted by atomic mass is 9.97. The van der Waals surface area contributed by atoms with Gasteiger partial charge in [-0.25, -0.2) is 13.4 Å². The van der Waals surface area contributed by atoms with Gasteiger partial charge < -0.3 is 5.32 Å². The van der Waals surface area contributed by atoms with E-state index in [1.54, 1.807) is 25.4 Å². The maximum Gasteiger partial charge on any atom is 0.246 e. The fourth-order valence-corrected chi connectivity index (χ4v) is 5.23.